The molecule has 0 saturated heterocycles. The molecule has 0 radical (unpaired) electrons. The van der Waals surface area contributed by atoms with Crippen molar-refractivity contribution >= 4 is 6.09 Å². The first-order valence-corrected chi connectivity index (χ1v) is 9.16. The van der Waals surface area contributed by atoms with Crippen LogP contribution in [0.3, 0.4) is 0 Å². The number of carbonyl (C=O) groups is 1. The van der Waals surface area contributed by atoms with Gasteiger partial charge < -0.3 is 15.4 Å². The van der Waals surface area contributed by atoms with Gasteiger partial charge in [-0.25, -0.2) is 4.79 Å². The minimum absolute atomic E-state index is 0.261. The largest absolute Gasteiger partial charge is 0.444 e. The highest BCUT2D eigenvalue weighted by molar-refractivity contribution is 5.68. The average molecular weight is 325 g/mol. The van der Waals surface area contributed by atoms with Gasteiger partial charge in [0.1, 0.15) is 5.60 Å². The molecule has 0 unspecified atom stereocenters. The van der Waals surface area contributed by atoms with E-state index in [1.54, 1.807) is 0 Å². The van der Waals surface area contributed by atoms with E-state index in [4.69, 9.17) is 4.74 Å². The van der Waals surface area contributed by atoms with Crippen molar-refractivity contribution in [1.82, 2.24) is 10.6 Å². The van der Waals surface area contributed by atoms with E-state index in [0.29, 0.717) is 16.9 Å². The fourth-order valence-corrected chi connectivity index (χ4v) is 4.04. The fraction of sp³-hybridized carbons (Fsp3) is 0.947. The van der Waals surface area contributed by atoms with Crippen LogP contribution in [0.5, 0.6) is 0 Å². The van der Waals surface area contributed by atoms with Crippen molar-refractivity contribution in [3.63, 3.8) is 0 Å². The molecule has 0 aromatic rings. The van der Waals surface area contributed by atoms with Crippen molar-refractivity contribution in [2.24, 2.45) is 16.7 Å². The van der Waals surface area contributed by atoms with E-state index >= 15 is 0 Å². The summed E-state index contributed by atoms with van der Waals surface area (Å²) in [5.74, 6) is 0.771. The van der Waals surface area contributed by atoms with Crippen LogP contribution >= 0.6 is 0 Å². The second-order valence-corrected chi connectivity index (χ2v) is 9.60. The number of alkyl carbamates (subject to hydrolysis) is 1. The van der Waals surface area contributed by atoms with Gasteiger partial charge in [-0.3, -0.25) is 0 Å². The van der Waals surface area contributed by atoms with Crippen LogP contribution in [0.1, 0.15) is 74.1 Å². The molecule has 0 spiro atoms. The van der Waals surface area contributed by atoms with Crippen molar-refractivity contribution < 1.29 is 9.53 Å². The Morgan fingerprint density at radius 1 is 1.00 bits per heavy atom. The lowest BCUT2D eigenvalue weighted by atomic mass is 9.91. The van der Waals surface area contributed by atoms with Crippen molar-refractivity contribution in [3.8, 4) is 0 Å². The van der Waals surface area contributed by atoms with Crippen molar-refractivity contribution in [2.75, 3.05) is 6.54 Å². The maximum atomic E-state index is 11.8. The van der Waals surface area contributed by atoms with Gasteiger partial charge in [0.05, 0.1) is 0 Å². The van der Waals surface area contributed by atoms with E-state index in [1.807, 2.05) is 20.8 Å². The standard InChI is InChI=1S/C19H36N2O2/c1-17(2,3)23-16(22)21-14-10-8-13(9-11-14)20-12-15-18(4,5)19(15,6)7/h13-15,20H,8-12H2,1-7H3,(H,21,22). The number of ether oxygens (including phenoxy) is 1. The van der Waals surface area contributed by atoms with Crippen LogP contribution in [0.4, 0.5) is 4.79 Å². The van der Waals surface area contributed by atoms with Gasteiger partial charge in [0.15, 0.2) is 0 Å². The molecule has 2 rings (SSSR count). The lowest BCUT2D eigenvalue weighted by Crippen LogP contribution is -2.44. The van der Waals surface area contributed by atoms with Gasteiger partial charge in [-0.05, 0) is 69.7 Å². The number of amides is 1. The Balaban J connectivity index is 1.66. The van der Waals surface area contributed by atoms with E-state index in [9.17, 15) is 4.79 Å². The van der Waals surface area contributed by atoms with Crippen LogP contribution in [-0.4, -0.2) is 30.3 Å². The molecule has 0 aromatic heterocycles. The minimum Gasteiger partial charge on any atom is -0.444 e. The Labute approximate surface area is 142 Å². The molecule has 0 aliphatic heterocycles. The third kappa shape index (κ3) is 4.40. The van der Waals surface area contributed by atoms with Gasteiger partial charge in [0.25, 0.3) is 0 Å². The lowest BCUT2D eigenvalue weighted by Gasteiger charge is -2.30. The zero-order chi connectivity index (χ0) is 17.5. The smallest absolute Gasteiger partial charge is 0.407 e. The van der Waals surface area contributed by atoms with Crippen molar-refractivity contribution in [2.45, 2.75) is 91.8 Å². The molecule has 2 aliphatic rings. The zero-order valence-corrected chi connectivity index (χ0v) is 16.1. The summed E-state index contributed by atoms with van der Waals surface area (Å²) in [6, 6.07) is 0.857. The molecular weight excluding hydrogens is 288 g/mol. The van der Waals surface area contributed by atoms with Crippen LogP contribution < -0.4 is 10.6 Å². The summed E-state index contributed by atoms with van der Waals surface area (Å²) in [5.41, 5.74) is 0.484. The highest BCUT2D eigenvalue weighted by Gasteiger charge is 2.63. The molecule has 134 valence electrons. The summed E-state index contributed by atoms with van der Waals surface area (Å²) in [5, 5.41) is 6.77. The Morgan fingerprint density at radius 3 is 1.91 bits per heavy atom. The molecule has 1 amide bonds. The molecule has 23 heavy (non-hydrogen) atoms. The summed E-state index contributed by atoms with van der Waals surface area (Å²) < 4.78 is 5.33. The summed E-state index contributed by atoms with van der Waals surface area (Å²) in [6.07, 6.45) is 4.06. The van der Waals surface area contributed by atoms with Crippen LogP contribution in [0.15, 0.2) is 0 Å². The number of rotatable bonds is 4. The Morgan fingerprint density at radius 2 is 1.48 bits per heavy atom. The first kappa shape index (κ1) is 18.6. The lowest BCUT2D eigenvalue weighted by molar-refractivity contribution is 0.0489. The van der Waals surface area contributed by atoms with Gasteiger partial charge >= 0.3 is 6.09 Å². The zero-order valence-electron chi connectivity index (χ0n) is 16.1. The van der Waals surface area contributed by atoms with Crippen molar-refractivity contribution in [3.05, 3.63) is 0 Å². The summed E-state index contributed by atoms with van der Waals surface area (Å²) in [6.45, 7) is 16.3. The predicted molar refractivity (Wildman–Crippen MR) is 94.5 cm³/mol. The highest BCUT2D eigenvalue weighted by atomic mass is 16.6. The number of carbonyl (C=O) groups excluding carboxylic acids is 1. The third-order valence-electron chi connectivity index (χ3n) is 6.38. The molecule has 4 nitrogen and oxygen atoms in total. The van der Waals surface area contributed by atoms with Gasteiger partial charge in [-0.1, -0.05) is 27.7 Å². The van der Waals surface area contributed by atoms with Gasteiger partial charge in [-0.2, -0.15) is 0 Å². The number of hydrogen-bond donors (Lipinski definition) is 2. The SMILES string of the molecule is CC(C)(C)OC(=O)NC1CCC(NCC2C(C)(C)C2(C)C)CC1. The van der Waals surface area contributed by atoms with E-state index in [2.05, 4.69) is 38.3 Å². The van der Waals surface area contributed by atoms with E-state index in [-0.39, 0.29) is 12.1 Å². The van der Waals surface area contributed by atoms with E-state index in [1.165, 1.54) is 0 Å². The average Bonchev–Trinajstić information content (AvgIpc) is 2.76. The summed E-state index contributed by atoms with van der Waals surface area (Å²) in [4.78, 5) is 11.8. The first-order valence-electron chi connectivity index (χ1n) is 9.16. The van der Waals surface area contributed by atoms with E-state index in [0.717, 1.165) is 38.1 Å². The third-order valence-corrected chi connectivity index (χ3v) is 6.38. The quantitative estimate of drug-likeness (QED) is 0.819. The molecular formula is C19H36N2O2. The van der Waals surface area contributed by atoms with Gasteiger partial charge in [-0.15, -0.1) is 0 Å². The number of nitrogens with one attached hydrogen (secondary N) is 2. The molecule has 2 N–H and O–H groups in total. The van der Waals surface area contributed by atoms with Gasteiger partial charge in [0, 0.05) is 12.1 Å². The second-order valence-electron chi connectivity index (χ2n) is 9.60. The molecule has 2 saturated carbocycles. The molecule has 4 heteroatoms. The monoisotopic (exact) mass is 324 g/mol. The predicted octanol–water partition coefficient (Wildman–Crippen LogP) is 4.09. The molecule has 2 fully saturated rings. The van der Waals surface area contributed by atoms with Crippen LogP contribution in [0, 0.1) is 16.7 Å². The Hall–Kier alpha value is -0.770. The highest BCUT2D eigenvalue weighted by Crippen LogP contribution is 2.67. The molecule has 0 aromatic carbocycles. The van der Waals surface area contributed by atoms with Gasteiger partial charge in [0.2, 0.25) is 0 Å². The Kier molecular flexibility index (Phi) is 5.06. The van der Waals surface area contributed by atoms with E-state index < -0.39 is 5.60 Å². The molecule has 0 atom stereocenters. The molecule has 2 aliphatic carbocycles. The van der Waals surface area contributed by atoms with Crippen LogP contribution in [-0.2, 0) is 4.74 Å². The maximum absolute atomic E-state index is 11.8. The minimum atomic E-state index is -0.424. The Bertz CT molecular complexity index is 415. The normalized spacial score (nSPS) is 29.9. The van der Waals surface area contributed by atoms with Crippen molar-refractivity contribution in [1.29, 1.82) is 0 Å². The molecule has 0 heterocycles. The van der Waals surface area contributed by atoms with Crippen LogP contribution in [0.2, 0.25) is 0 Å². The second kappa shape index (κ2) is 6.27. The summed E-state index contributed by atoms with van der Waals surface area (Å²) >= 11 is 0. The topological polar surface area (TPSA) is 50.4 Å². The maximum Gasteiger partial charge on any atom is 0.407 e. The fourth-order valence-electron chi connectivity index (χ4n) is 4.04. The first-order chi connectivity index (χ1) is 10.4. The van der Waals surface area contributed by atoms with Crippen LogP contribution in [0.25, 0.3) is 0 Å². The molecule has 0 bridgehead atoms. The summed E-state index contributed by atoms with van der Waals surface area (Å²) in [7, 11) is 0. The number of hydrogen-bond acceptors (Lipinski definition) is 3.